The van der Waals surface area contributed by atoms with Crippen LogP contribution in [0.25, 0.3) is 0 Å². The Kier molecular flexibility index (Phi) is 1.66. The van der Waals surface area contributed by atoms with Crippen LogP contribution in [-0.2, 0) is 0 Å². The zero-order valence-corrected chi connectivity index (χ0v) is 4.98. The van der Waals surface area contributed by atoms with Crippen LogP contribution in [0.4, 0.5) is 0 Å². The van der Waals surface area contributed by atoms with Crippen molar-refractivity contribution in [3.05, 3.63) is 0 Å². The van der Waals surface area contributed by atoms with E-state index < -0.39 is 5.21 Å². The average molecular weight is 105 g/mol. The predicted molar refractivity (Wildman–Crippen MR) is 36.3 cm³/mol. The van der Waals surface area contributed by atoms with Gasteiger partial charge in [-0.25, -0.2) is 0 Å². The highest BCUT2D eigenvalue weighted by Crippen LogP contribution is 2.23. The van der Waals surface area contributed by atoms with Crippen LogP contribution in [-0.4, -0.2) is 28.8 Å². The number of nitrogens with one attached hydrogen (secondary N) is 1. The molecule has 0 amide bonds. The molecule has 1 rings (SSSR count). The summed E-state index contributed by atoms with van der Waals surface area (Å²) in [6, 6.07) is 0. The van der Waals surface area contributed by atoms with Gasteiger partial charge in [0.25, 0.3) is 0 Å². The highest BCUT2D eigenvalue weighted by Gasteiger charge is 2.18. The summed E-state index contributed by atoms with van der Waals surface area (Å²) in [6.07, 6.45) is 2.05. The van der Waals surface area contributed by atoms with E-state index in [-0.39, 0.29) is 0 Å². The van der Waals surface area contributed by atoms with Crippen molar-refractivity contribution in [3.63, 3.8) is 0 Å². The second-order valence-electron chi connectivity index (χ2n) is 2.51. The summed E-state index contributed by atoms with van der Waals surface area (Å²) in [5.41, 5.74) is 0. The molecule has 40 valence electrons. The quantitative estimate of drug-likeness (QED) is 0.421. The summed E-state index contributed by atoms with van der Waals surface area (Å²) in [7, 11) is 11.2. The Balaban J connectivity index is 2.33. The van der Waals surface area contributed by atoms with Gasteiger partial charge in [0, 0.05) is 0 Å². The first-order chi connectivity index (χ1) is 3.71. The third-order valence-electron chi connectivity index (χ3n) is 1.45. The van der Waals surface area contributed by atoms with E-state index in [0.717, 1.165) is 25.9 Å². The van der Waals surface area contributed by atoms with E-state index in [1.807, 2.05) is 0 Å². The SMILES string of the molecule is [B]C1([B])CCCNC1. The van der Waals surface area contributed by atoms with E-state index in [2.05, 4.69) is 5.32 Å². The lowest BCUT2D eigenvalue weighted by Crippen LogP contribution is -2.35. The van der Waals surface area contributed by atoms with E-state index >= 15 is 0 Å². The van der Waals surface area contributed by atoms with E-state index in [1.54, 1.807) is 0 Å². The molecule has 1 fully saturated rings. The molecule has 0 bridgehead atoms. The van der Waals surface area contributed by atoms with Gasteiger partial charge in [-0.15, -0.1) is 0 Å². The first kappa shape index (κ1) is 6.21. The lowest BCUT2D eigenvalue weighted by molar-refractivity contribution is 0.487. The minimum Gasteiger partial charge on any atom is -0.318 e. The molecular weight excluding hydrogens is 95.7 g/mol. The Bertz CT molecular complexity index is 74.5. The number of piperidine rings is 1. The van der Waals surface area contributed by atoms with Gasteiger partial charge in [0.1, 0.15) is 0 Å². The maximum atomic E-state index is 5.59. The van der Waals surface area contributed by atoms with Crippen LogP contribution in [0.15, 0.2) is 0 Å². The van der Waals surface area contributed by atoms with Crippen LogP contribution < -0.4 is 5.32 Å². The molecule has 3 heteroatoms. The summed E-state index contributed by atoms with van der Waals surface area (Å²) in [5, 5.41) is 2.69. The highest BCUT2D eigenvalue weighted by atomic mass is 14.9. The average Bonchev–Trinajstić information content (AvgIpc) is 1.65. The number of hydrogen-bond donors (Lipinski definition) is 1. The van der Waals surface area contributed by atoms with Crippen molar-refractivity contribution in [2.24, 2.45) is 0 Å². The lowest BCUT2D eigenvalue weighted by atomic mass is 9.51. The second-order valence-corrected chi connectivity index (χ2v) is 2.51. The fourth-order valence-electron chi connectivity index (χ4n) is 0.952. The molecule has 0 spiro atoms. The molecule has 1 nitrogen and oxygen atoms in total. The van der Waals surface area contributed by atoms with Crippen LogP contribution >= 0.6 is 0 Å². The van der Waals surface area contributed by atoms with Gasteiger partial charge >= 0.3 is 0 Å². The number of rotatable bonds is 0. The van der Waals surface area contributed by atoms with E-state index in [1.165, 1.54) is 0 Å². The third kappa shape index (κ3) is 1.55. The molecule has 0 unspecified atom stereocenters. The van der Waals surface area contributed by atoms with Crippen LogP contribution in [0.5, 0.6) is 0 Å². The Morgan fingerprint density at radius 3 is 2.38 bits per heavy atom. The van der Waals surface area contributed by atoms with Crippen LogP contribution in [0.2, 0.25) is 5.21 Å². The Morgan fingerprint density at radius 1 is 1.38 bits per heavy atom. The lowest BCUT2D eigenvalue weighted by Gasteiger charge is -2.30. The molecule has 0 atom stereocenters. The van der Waals surface area contributed by atoms with E-state index in [9.17, 15) is 0 Å². The zero-order chi connectivity index (χ0) is 6.04. The molecule has 1 saturated heterocycles. The molecular formula is C5H9B2N. The van der Waals surface area contributed by atoms with Gasteiger partial charge in [-0.2, -0.15) is 0 Å². The molecule has 0 aromatic heterocycles. The molecule has 0 saturated carbocycles. The largest absolute Gasteiger partial charge is 0.318 e. The maximum absolute atomic E-state index is 5.59. The minimum absolute atomic E-state index is 0.432. The minimum atomic E-state index is -0.432. The van der Waals surface area contributed by atoms with Gasteiger partial charge in [-0.05, 0) is 19.5 Å². The highest BCUT2D eigenvalue weighted by molar-refractivity contribution is 6.40. The maximum Gasteiger partial charge on any atom is 0.0637 e. The summed E-state index contributed by atoms with van der Waals surface area (Å²) < 4.78 is 0. The van der Waals surface area contributed by atoms with Crippen molar-refractivity contribution in [2.75, 3.05) is 13.1 Å². The van der Waals surface area contributed by atoms with E-state index in [0.29, 0.717) is 0 Å². The van der Waals surface area contributed by atoms with Gasteiger partial charge in [0.2, 0.25) is 0 Å². The summed E-state index contributed by atoms with van der Waals surface area (Å²) >= 11 is 0. The van der Waals surface area contributed by atoms with Crippen molar-refractivity contribution in [1.29, 1.82) is 0 Å². The molecule has 1 aliphatic rings. The Hall–Kier alpha value is 0.0899. The van der Waals surface area contributed by atoms with Crippen LogP contribution in [0.1, 0.15) is 12.8 Å². The van der Waals surface area contributed by atoms with Gasteiger partial charge in [0.05, 0.1) is 15.7 Å². The molecule has 1 aliphatic heterocycles. The zero-order valence-electron chi connectivity index (χ0n) is 4.98. The topological polar surface area (TPSA) is 12.0 Å². The fourth-order valence-corrected chi connectivity index (χ4v) is 0.952. The number of hydrogen-bond acceptors (Lipinski definition) is 1. The molecule has 0 aliphatic carbocycles. The van der Waals surface area contributed by atoms with Gasteiger partial charge in [-0.3, -0.25) is 0 Å². The molecule has 1 heterocycles. The van der Waals surface area contributed by atoms with Crippen molar-refractivity contribution < 1.29 is 0 Å². The monoisotopic (exact) mass is 105 g/mol. The van der Waals surface area contributed by atoms with E-state index in [4.69, 9.17) is 15.7 Å². The van der Waals surface area contributed by atoms with Crippen molar-refractivity contribution in [3.8, 4) is 0 Å². The standard InChI is InChI=1S/C5H9B2N/c6-5(7)2-1-3-8-4-5/h8H,1-4H2. The molecule has 4 radical (unpaired) electrons. The van der Waals surface area contributed by atoms with Gasteiger partial charge < -0.3 is 5.32 Å². The molecule has 8 heavy (non-hydrogen) atoms. The first-order valence-corrected chi connectivity index (χ1v) is 2.99. The fraction of sp³-hybridized carbons (Fsp3) is 1.00. The Labute approximate surface area is 53.0 Å². The Morgan fingerprint density at radius 2 is 2.12 bits per heavy atom. The smallest absolute Gasteiger partial charge is 0.0637 e. The van der Waals surface area contributed by atoms with Gasteiger partial charge in [-0.1, -0.05) is 11.6 Å². The predicted octanol–water partition coefficient (Wildman–Crippen LogP) is -0.177. The van der Waals surface area contributed by atoms with Crippen molar-refractivity contribution in [1.82, 2.24) is 5.32 Å². The van der Waals surface area contributed by atoms with Gasteiger partial charge in [0.15, 0.2) is 0 Å². The second kappa shape index (κ2) is 2.14. The summed E-state index contributed by atoms with van der Waals surface area (Å²) in [6.45, 7) is 1.82. The molecule has 0 aromatic carbocycles. The normalized spacial score (nSPS) is 27.5. The molecule has 0 aromatic rings. The summed E-state index contributed by atoms with van der Waals surface area (Å²) in [4.78, 5) is 0. The van der Waals surface area contributed by atoms with Crippen molar-refractivity contribution in [2.45, 2.75) is 18.1 Å². The first-order valence-electron chi connectivity index (χ1n) is 2.99. The molecule has 1 N–H and O–H groups in total. The third-order valence-corrected chi connectivity index (χ3v) is 1.45. The van der Waals surface area contributed by atoms with Crippen LogP contribution in [0.3, 0.4) is 0 Å². The summed E-state index contributed by atoms with van der Waals surface area (Å²) in [5.74, 6) is 0. The van der Waals surface area contributed by atoms with Crippen molar-refractivity contribution >= 4 is 15.7 Å². The van der Waals surface area contributed by atoms with Crippen LogP contribution in [0, 0.1) is 0 Å².